The van der Waals surface area contributed by atoms with Gasteiger partial charge in [0, 0.05) is 11.6 Å². The molecule has 0 aliphatic carbocycles. The summed E-state index contributed by atoms with van der Waals surface area (Å²) in [4.78, 5) is 12.4. The van der Waals surface area contributed by atoms with Crippen LogP contribution in [0, 0.1) is 11.3 Å². The predicted molar refractivity (Wildman–Crippen MR) is 78.1 cm³/mol. The standard InChI is InChI=1S/C15H30N2O2/c1-7-16-12-9-19-8-11(12)13(18)17-15(5,6)10-14(2,3)4/h11-12,16H,7-10H2,1-6H3,(H,17,18). The molecule has 2 unspecified atom stereocenters. The molecule has 112 valence electrons. The maximum absolute atomic E-state index is 12.4. The van der Waals surface area contributed by atoms with Gasteiger partial charge in [-0.15, -0.1) is 0 Å². The molecular formula is C15H30N2O2. The van der Waals surface area contributed by atoms with Crippen LogP contribution in [0.25, 0.3) is 0 Å². The number of carbonyl (C=O) groups is 1. The van der Waals surface area contributed by atoms with Gasteiger partial charge in [0.05, 0.1) is 19.1 Å². The lowest BCUT2D eigenvalue weighted by Crippen LogP contribution is -2.51. The van der Waals surface area contributed by atoms with Gasteiger partial charge in [-0.05, 0) is 32.2 Å². The molecule has 1 amide bonds. The molecule has 0 aromatic rings. The molecule has 1 fully saturated rings. The molecule has 1 aliphatic rings. The Morgan fingerprint density at radius 1 is 1.21 bits per heavy atom. The van der Waals surface area contributed by atoms with Crippen LogP contribution < -0.4 is 10.6 Å². The molecule has 1 rings (SSSR count). The zero-order valence-corrected chi connectivity index (χ0v) is 13.3. The van der Waals surface area contributed by atoms with Gasteiger partial charge in [0.2, 0.25) is 5.91 Å². The van der Waals surface area contributed by atoms with Crippen LogP contribution in [0.2, 0.25) is 0 Å². The summed E-state index contributed by atoms with van der Waals surface area (Å²) in [5.41, 5.74) is 0.0126. The molecule has 1 heterocycles. The topological polar surface area (TPSA) is 50.4 Å². The Hall–Kier alpha value is -0.610. The molecule has 0 aromatic heterocycles. The Kier molecular flexibility index (Phi) is 5.39. The van der Waals surface area contributed by atoms with E-state index in [-0.39, 0.29) is 28.8 Å². The van der Waals surface area contributed by atoms with Crippen molar-refractivity contribution in [2.75, 3.05) is 19.8 Å². The van der Waals surface area contributed by atoms with Crippen LogP contribution in [0.3, 0.4) is 0 Å². The van der Waals surface area contributed by atoms with E-state index in [0.29, 0.717) is 13.2 Å². The van der Waals surface area contributed by atoms with Crippen molar-refractivity contribution in [2.24, 2.45) is 11.3 Å². The van der Waals surface area contributed by atoms with Crippen molar-refractivity contribution in [3.05, 3.63) is 0 Å². The molecule has 2 atom stereocenters. The van der Waals surface area contributed by atoms with E-state index < -0.39 is 0 Å². The number of carbonyl (C=O) groups excluding carboxylic acids is 1. The van der Waals surface area contributed by atoms with Gasteiger partial charge in [-0.25, -0.2) is 0 Å². The van der Waals surface area contributed by atoms with E-state index in [4.69, 9.17) is 4.74 Å². The highest BCUT2D eigenvalue weighted by molar-refractivity contribution is 5.80. The van der Waals surface area contributed by atoms with Crippen LogP contribution in [0.4, 0.5) is 0 Å². The second-order valence-electron chi connectivity index (χ2n) is 7.42. The van der Waals surface area contributed by atoms with Crippen molar-refractivity contribution in [1.29, 1.82) is 0 Å². The molecule has 0 radical (unpaired) electrons. The second-order valence-corrected chi connectivity index (χ2v) is 7.42. The normalized spacial score (nSPS) is 24.5. The summed E-state index contributed by atoms with van der Waals surface area (Å²) in [6, 6.07) is 0.149. The minimum Gasteiger partial charge on any atom is -0.379 e. The molecule has 4 nitrogen and oxygen atoms in total. The van der Waals surface area contributed by atoms with E-state index in [9.17, 15) is 4.79 Å². The summed E-state index contributed by atoms with van der Waals surface area (Å²) in [5, 5.41) is 6.51. The average molecular weight is 270 g/mol. The van der Waals surface area contributed by atoms with Gasteiger partial charge in [-0.1, -0.05) is 27.7 Å². The zero-order chi connectivity index (χ0) is 14.7. The Morgan fingerprint density at radius 2 is 1.84 bits per heavy atom. The van der Waals surface area contributed by atoms with Crippen LogP contribution in [0.1, 0.15) is 48.0 Å². The second kappa shape index (κ2) is 6.23. The maximum atomic E-state index is 12.4. The number of ether oxygens (including phenoxy) is 1. The largest absolute Gasteiger partial charge is 0.379 e. The monoisotopic (exact) mass is 270 g/mol. The summed E-state index contributed by atoms with van der Waals surface area (Å²) >= 11 is 0. The third-order valence-electron chi connectivity index (χ3n) is 3.32. The maximum Gasteiger partial charge on any atom is 0.227 e. The van der Waals surface area contributed by atoms with Gasteiger partial charge in [-0.3, -0.25) is 4.79 Å². The first-order valence-electron chi connectivity index (χ1n) is 7.28. The van der Waals surface area contributed by atoms with E-state index in [1.165, 1.54) is 0 Å². The van der Waals surface area contributed by atoms with Gasteiger partial charge in [0.25, 0.3) is 0 Å². The molecule has 0 spiro atoms. The molecule has 0 bridgehead atoms. The third-order valence-corrected chi connectivity index (χ3v) is 3.32. The molecule has 0 aromatic carbocycles. The van der Waals surface area contributed by atoms with Crippen LogP contribution in [-0.2, 0) is 9.53 Å². The number of rotatable bonds is 5. The summed E-state index contributed by atoms with van der Waals surface area (Å²) in [7, 11) is 0. The van der Waals surface area contributed by atoms with Crippen LogP contribution in [-0.4, -0.2) is 37.2 Å². The fourth-order valence-corrected chi connectivity index (χ4v) is 3.07. The predicted octanol–water partition coefficient (Wildman–Crippen LogP) is 1.94. The first-order valence-corrected chi connectivity index (χ1v) is 7.28. The van der Waals surface area contributed by atoms with E-state index >= 15 is 0 Å². The minimum absolute atomic E-state index is 0.0702. The van der Waals surface area contributed by atoms with E-state index in [1.54, 1.807) is 0 Å². The van der Waals surface area contributed by atoms with Crippen molar-refractivity contribution >= 4 is 5.91 Å². The Balaban J connectivity index is 2.58. The lowest BCUT2D eigenvalue weighted by molar-refractivity contribution is -0.127. The smallest absolute Gasteiger partial charge is 0.227 e. The minimum atomic E-state index is -0.186. The van der Waals surface area contributed by atoms with Crippen LogP contribution >= 0.6 is 0 Å². The van der Waals surface area contributed by atoms with Gasteiger partial charge < -0.3 is 15.4 Å². The molecule has 1 saturated heterocycles. The fraction of sp³-hybridized carbons (Fsp3) is 0.933. The number of hydrogen-bond acceptors (Lipinski definition) is 3. The number of likely N-dealkylation sites (N-methyl/N-ethyl adjacent to an activating group) is 1. The SMILES string of the molecule is CCNC1COCC1C(=O)NC(C)(C)CC(C)(C)C. The van der Waals surface area contributed by atoms with E-state index in [0.717, 1.165) is 13.0 Å². The summed E-state index contributed by atoms with van der Waals surface area (Å²) in [5.74, 6) is 0.0388. The number of hydrogen-bond donors (Lipinski definition) is 2. The lowest BCUT2D eigenvalue weighted by atomic mass is 9.81. The van der Waals surface area contributed by atoms with Crippen molar-refractivity contribution in [2.45, 2.75) is 59.5 Å². The summed E-state index contributed by atoms with van der Waals surface area (Å²) in [6.07, 6.45) is 0.950. The van der Waals surface area contributed by atoms with Crippen molar-refractivity contribution < 1.29 is 9.53 Å². The van der Waals surface area contributed by atoms with Gasteiger partial charge in [0.15, 0.2) is 0 Å². The van der Waals surface area contributed by atoms with Crippen molar-refractivity contribution in [3.63, 3.8) is 0 Å². The highest BCUT2D eigenvalue weighted by Crippen LogP contribution is 2.27. The third kappa shape index (κ3) is 5.49. The highest BCUT2D eigenvalue weighted by Gasteiger charge is 2.36. The van der Waals surface area contributed by atoms with Crippen molar-refractivity contribution in [1.82, 2.24) is 10.6 Å². The molecule has 0 saturated carbocycles. The van der Waals surface area contributed by atoms with Crippen LogP contribution in [0.15, 0.2) is 0 Å². The molecule has 1 aliphatic heterocycles. The number of amides is 1. The first kappa shape index (κ1) is 16.4. The zero-order valence-electron chi connectivity index (χ0n) is 13.3. The van der Waals surface area contributed by atoms with Crippen LogP contribution in [0.5, 0.6) is 0 Å². The fourth-order valence-electron chi connectivity index (χ4n) is 3.07. The van der Waals surface area contributed by atoms with Gasteiger partial charge in [0.1, 0.15) is 0 Å². The Morgan fingerprint density at radius 3 is 2.37 bits per heavy atom. The molecule has 4 heteroatoms. The highest BCUT2D eigenvalue weighted by atomic mass is 16.5. The molecule has 19 heavy (non-hydrogen) atoms. The quantitative estimate of drug-likeness (QED) is 0.803. The Labute approximate surface area is 117 Å². The Bertz CT molecular complexity index is 308. The lowest BCUT2D eigenvalue weighted by Gasteiger charge is -2.34. The van der Waals surface area contributed by atoms with E-state index in [2.05, 4.69) is 52.2 Å². The first-order chi connectivity index (χ1) is 8.64. The van der Waals surface area contributed by atoms with Crippen molar-refractivity contribution in [3.8, 4) is 0 Å². The average Bonchev–Trinajstić information content (AvgIpc) is 2.61. The van der Waals surface area contributed by atoms with Gasteiger partial charge >= 0.3 is 0 Å². The molecular weight excluding hydrogens is 240 g/mol. The summed E-state index contributed by atoms with van der Waals surface area (Å²) in [6.45, 7) is 14.8. The number of nitrogens with one attached hydrogen (secondary N) is 2. The van der Waals surface area contributed by atoms with E-state index in [1.807, 2.05) is 0 Å². The van der Waals surface area contributed by atoms with Gasteiger partial charge in [-0.2, -0.15) is 0 Å². The summed E-state index contributed by atoms with van der Waals surface area (Å²) < 4.78 is 5.44. The molecule has 2 N–H and O–H groups in total.